The van der Waals surface area contributed by atoms with Gasteiger partial charge < -0.3 is 10.0 Å². The van der Waals surface area contributed by atoms with Gasteiger partial charge in [-0.2, -0.15) is 0 Å². The van der Waals surface area contributed by atoms with Crippen molar-refractivity contribution in [3.05, 3.63) is 47.0 Å². The van der Waals surface area contributed by atoms with Crippen LogP contribution < -0.4 is 0 Å². The van der Waals surface area contributed by atoms with Crippen LogP contribution in [0.2, 0.25) is 0 Å². The van der Waals surface area contributed by atoms with Crippen molar-refractivity contribution in [2.24, 2.45) is 0 Å². The molecule has 1 atom stereocenters. The van der Waals surface area contributed by atoms with Crippen molar-refractivity contribution in [2.75, 3.05) is 0 Å². The van der Waals surface area contributed by atoms with Gasteiger partial charge in [-0.15, -0.1) is 0 Å². The minimum atomic E-state index is -1.01. The van der Waals surface area contributed by atoms with Crippen LogP contribution in [-0.2, 0) is 11.3 Å². The SMILES string of the molecule is C=C(C)C(CCC(=O)CC)N1Cc2cc(C(=O)O)ccc2C1=O. The largest absolute Gasteiger partial charge is 0.478 e. The number of ketones is 1. The first-order valence-electron chi connectivity index (χ1n) is 7.69. The molecule has 1 amide bonds. The van der Waals surface area contributed by atoms with Crippen LogP contribution in [-0.4, -0.2) is 33.7 Å². The third-order valence-corrected chi connectivity index (χ3v) is 4.22. The van der Waals surface area contributed by atoms with E-state index in [4.69, 9.17) is 5.11 Å². The number of Topliss-reactive ketones (excluding diaryl/α,β-unsaturated/α-hetero) is 1. The molecule has 1 N–H and O–H groups in total. The molecule has 0 spiro atoms. The lowest BCUT2D eigenvalue weighted by Crippen LogP contribution is -2.36. The zero-order chi connectivity index (χ0) is 17.1. The Labute approximate surface area is 135 Å². The van der Waals surface area contributed by atoms with Crippen LogP contribution in [0.5, 0.6) is 0 Å². The van der Waals surface area contributed by atoms with Crippen LogP contribution in [0.25, 0.3) is 0 Å². The topological polar surface area (TPSA) is 74.7 Å². The minimum Gasteiger partial charge on any atom is -0.478 e. The zero-order valence-electron chi connectivity index (χ0n) is 13.5. The number of carbonyl (C=O) groups excluding carboxylic acids is 2. The number of benzene rings is 1. The molecule has 5 nitrogen and oxygen atoms in total. The second kappa shape index (κ2) is 6.77. The number of rotatable bonds is 7. The quantitative estimate of drug-likeness (QED) is 0.785. The normalized spacial score (nSPS) is 14.5. The van der Waals surface area contributed by atoms with Crippen LogP contribution >= 0.6 is 0 Å². The smallest absolute Gasteiger partial charge is 0.335 e. The number of fused-ring (bicyclic) bond motifs is 1. The highest BCUT2D eigenvalue weighted by atomic mass is 16.4. The number of carboxylic acids is 1. The number of nitrogens with zero attached hydrogens (tertiary/aromatic N) is 1. The number of amides is 1. The maximum absolute atomic E-state index is 12.6. The van der Waals surface area contributed by atoms with Gasteiger partial charge in [0.2, 0.25) is 0 Å². The van der Waals surface area contributed by atoms with Crippen molar-refractivity contribution in [1.29, 1.82) is 0 Å². The number of aromatic carboxylic acids is 1. The van der Waals surface area contributed by atoms with Crippen LogP contribution in [0.1, 0.15) is 59.4 Å². The Balaban J connectivity index is 2.22. The number of carboxylic acid groups (broad SMARTS) is 1. The van der Waals surface area contributed by atoms with Gasteiger partial charge in [0, 0.05) is 24.9 Å². The number of hydrogen-bond donors (Lipinski definition) is 1. The van der Waals surface area contributed by atoms with Gasteiger partial charge in [-0.1, -0.05) is 19.1 Å². The summed E-state index contributed by atoms with van der Waals surface area (Å²) in [5.74, 6) is -0.980. The van der Waals surface area contributed by atoms with E-state index in [-0.39, 0.29) is 23.3 Å². The van der Waals surface area contributed by atoms with Crippen LogP contribution in [0, 0.1) is 0 Å². The van der Waals surface area contributed by atoms with Crippen molar-refractivity contribution < 1.29 is 19.5 Å². The summed E-state index contributed by atoms with van der Waals surface area (Å²) in [5.41, 5.74) is 2.24. The highest BCUT2D eigenvalue weighted by molar-refractivity contribution is 6.00. The van der Waals surface area contributed by atoms with Crippen molar-refractivity contribution in [2.45, 2.75) is 45.7 Å². The van der Waals surface area contributed by atoms with E-state index in [0.717, 1.165) is 5.57 Å². The molecule has 0 bridgehead atoms. The molecule has 23 heavy (non-hydrogen) atoms. The summed E-state index contributed by atoms with van der Waals surface area (Å²) in [6, 6.07) is 4.34. The third kappa shape index (κ3) is 3.50. The van der Waals surface area contributed by atoms with Gasteiger partial charge in [0.25, 0.3) is 5.91 Å². The Bertz CT molecular complexity index is 678. The fourth-order valence-electron chi connectivity index (χ4n) is 2.87. The third-order valence-electron chi connectivity index (χ3n) is 4.22. The monoisotopic (exact) mass is 315 g/mol. The predicted molar refractivity (Wildman–Crippen MR) is 86.4 cm³/mol. The molecule has 0 radical (unpaired) electrons. The Morgan fingerprint density at radius 3 is 2.65 bits per heavy atom. The summed E-state index contributed by atoms with van der Waals surface area (Å²) in [4.78, 5) is 36.9. The maximum atomic E-state index is 12.6. The molecular weight excluding hydrogens is 294 g/mol. The Hall–Kier alpha value is -2.43. The fourth-order valence-corrected chi connectivity index (χ4v) is 2.87. The lowest BCUT2D eigenvalue weighted by atomic mass is 10.0. The van der Waals surface area contributed by atoms with E-state index < -0.39 is 5.97 Å². The van der Waals surface area contributed by atoms with Crippen molar-refractivity contribution in [3.8, 4) is 0 Å². The lowest BCUT2D eigenvalue weighted by molar-refractivity contribution is -0.119. The highest BCUT2D eigenvalue weighted by Crippen LogP contribution is 2.29. The molecule has 0 saturated heterocycles. The lowest BCUT2D eigenvalue weighted by Gasteiger charge is -2.28. The first kappa shape index (κ1) is 16.9. The molecule has 0 saturated carbocycles. The molecule has 1 aliphatic rings. The highest BCUT2D eigenvalue weighted by Gasteiger charge is 2.33. The summed E-state index contributed by atoms with van der Waals surface area (Å²) in [7, 11) is 0. The fraction of sp³-hybridized carbons (Fsp3) is 0.389. The molecule has 0 fully saturated rings. The van der Waals surface area contributed by atoms with Gasteiger partial charge in [-0.3, -0.25) is 9.59 Å². The van der Waals surface area contributed by atoms with E-state index in [2.05, 4.69) is 6.58 Å². The van der Waals surface area contributed by atoms with Crippen molar-refractivity contribution >= 4 is 17.7 Å². The molecule has 2 rings (SSSR count). The molecule has 122 valence electrons. The predicted octanol–water partition coefficient (Wildman–Crippen LogP) is 3.04. The molecule has 0 aromatic heterocycles. The number of hydrogen-bond acceptors (Lipinski definition) is 3. The van der Waals surface area contributed by atoms with Crippen LogP contribution in [0.15, 0.2) is 30.4 Å². The molecule has 0 aliphatic carbocycles. The summed E-state index contributed by atoms with van der Waals surface area (Å²) >= 11 is 0. The van der Waals surface area contributed by atoms with Gasteiger partial charge in [0.1, 0.15) is 5.78 Å². The second-order valence-corrected chi connectivity index (χ2v) is 5.90. The Morgan fingerprint density at radius 2 is 2.09 bits per heavy atom. The first-order chi connectivity index (χ1) is 10.8. The van der Waals surface area contributed by atoms with E-state index in [1.807, 2.05) is 13.8 Å². The van der Waals surface area contributed by atoms with Gasteiger partial charge in [0.15, 0.2) is 0 Å². The minimum absolute atomic E-state index is 0.131. The van der Waals surface area contributed by atoms with Crippen LogP contribution in [0.4, 0.5) is 0 Å². The Morgan fingerprint density at radius 1 is 1.39 bits per heavy atom. The van der Waals surface area contributed by atoms with Crippen molar-refractivity contribution in [3.63, 3.8) is 0 Å². The Kier molecular flexibility index (Phi) is 4.98. The van der Waals surface area contributed by atoms with E-state index >= 15 is 0 Å². The molecule has 1 aromatic carbocycles. The van der Waals surface area contributed by atoms with E-state index in [1.54, 1.807) is 17.0 Å². The van der Waals surface area contributed by atoms with E-state index in [1.165, 1.54) is 6.07 Å². The standard InChI is InChI=1S/C18H21NO4/c1-4-14(20)6-8-16(11(2)3)19-10-13-9-12(18(22)23)5-7-15(13)17(19)21/h5,7,9,16H,2,4,6,8,10H2,1,3H3,(H,22,23). The first-order valence-corrected chi connectivity index (χ1v) is 7.69. The summed E-state index contributed by atoms with van der Waals surface area (Å²) in [6.45, 7) is 7.97. The summed E-state index contributed by atoms with van der Waals surface area (Å²) in [5, 5.41) is 9.07. The maximum Gasteiger partial charge on any atom is 0.335 e. The molecule has 1 heterocycles. The summed E-state index contributed by atoms with van der Waals surface area (Å²) in [6.07, 6.45) is 1.45. The number of carbonyl (C=O) groups is 3. The van der Waals surface area contributed by atoms with Gasteiger partial charge in [0.05, 0.1) is 11.6 Å². The molecular formula is C18H21NO4. The molecule has 5 heteroatoms. The van der Waals surface area contributed by atoms with Crippen LogP contribution in [0.3, 0.4) is 0 Å². The molecule has 1 aromatic rings. The second-order valence-electron chi connectivity index (χ2n) is 5.90. The van der Waals surface area contributed by atoms with E-state index in [0.29, 0.717) is 36.9 Å². The van der Waals surface area contributed by atoms with Crippen molar-refractivity contribution in [1.82, 2.24) is 4.90 Å². The van der Waals surface area contributed by atoms with Gasteiger partial charge >= 0.3 is 5.97 Å². The molecule has 1 unspecified atom stereocenters. The molecule has 1 aliphatic heterocycles. The van der Waals surface area contributed by atoms with E-state index in [9.17, 15) is 14.4 Å². The van der Waals surface area contributed by atoms with Gasteiger partial charge in [-0.05, 0) is 37.1 Å². The summed E-state index contributed by atoms with van der Waals surface area (Å²) < 4.78 is 0. The van der Waals surface area contributed by atoms with Gasteiger partial charge in [-0.25, -0.2) is 4.79 Å². The zero-order valence-corrected chi connectivity index (χ0v) is 13.5. The average molecular weight is 315 g/mol. The average Bonchev–Trinajstić information content (AvgIpc) is 2.83.